The summed E-state index contributed by atoms with van der Waals surface area (Å²) in [5, 5.41) is 16.8. The fraction of sp³-hybridized carbons (Fsp3) is 0.350. The van der Waals surface area contributed by atoms with Gasteiger partial charge in [0.25, 0.3) is 0 Å². The lowest BCUT2D eigenvalue weighted by Crippen LogP contribution is -2.44. The normalized spacial score (nSPS) is 13.9. The van der Waals surface area contributed by atoms with Gasteiger partial charge in [-0.2, -0.15) is 8.78 Å². The van der Waals surface area contributed by atoms with E-state index in [-0.39, 0.29) is 18.8 Å². The maximum absolute atomic E-state index is 12.5. The fourth-order valence-corrected chi connectivity index (χ4v) is 2.51. The van der Waals surface area contributed by atoms with Crippen LogP contribution in [0.1, 0.15) is 25.0 Å². The molecule has 2 rings (SSSR count). The first-order valence-corrected chi connectivity index (χ1v) is 8.75. The number of nitrogens with zero attached hydrogens (tertiary/aromatic N) is 1. The van der Waals surface area contributed by atoms with E-state index in [0.29, 0.717) is 18.1 Å². The van der Waals surface area contributed by atoms with Crippen molar-refractivity contribution in [1.82, 2.24) is 10.6 Å². The molecule has 0 bridgehead atoms. The summed E-state index contributed by atoms with van der Waals surface area (Å²) in [6.45, 7) is 1.76. The number of para-hydroxylation sites is 1. The Kier molecular flexibility index (Phi) is 7.55. The number of halogens is 2. The molecule has 0 aliphatic carbocycles. The highest BCUT2D eigenvalue weighted by Gasteiger charge is 2.23. The third-order valence-corrected chi connectivity index (χ3v) is 3.94. The second-order valence-electron chi connectivity index (χ2n) is 6.17. The first-order chi connectivity index (χ1) is 12.9. The van der Waals surface area contributed by atoms with E-state index >= 15 is 0 Å². The summed E-state index contributed by atoms with van der Waals surface area (Å²) < 4.78 is 29.6. The van der Waals surface area contributed by atoms with Crippen LogP contribution in [0.25, 0.3) is 0 Å². The van der Waals surface area contributed by atoms with Crippen LogP contribution >= 0.6 is 0 Å². The number of alkyl halides is 2. The van der Waals surface area contributed by atoms with Crippen molar-refractivity contribution in [1.29, 1.82) is 0 Å². The van der Waals surface area contributed by atoms with Crippen LogP contribution in [0.5, 0.6) is 5.75 Å². The molecule has 0 fully saturated rings. The molecular weight excluding hydrogens is 352 g/mol. The molecule has 2 aromatic carbocycles. The van der Waals surface area contributed by atoms with Gasteiger partial charge >= 0.3 is 6.61 Å². The van der Waals surface area contributed by atoms with Crippen LogP contribution in [-0.4, -0.2) is 30.8 Å². The van der Waals surface area contributed by atoms with Crippen molar-refractivity contribution in [2.24, 2.45) is 4.99 Å². The number of aliphatic imine (C=N–C) groups is 1. The summed E-state index contributed by atoms with van der Waals surface area (Å²) in [5.41, 5.74) is 0.238. The van der Waals surface area contributed by atoms with Gasteiger partial charge in [-0.3, -0.25) is 0 Å². The molecule has 2 aromatic rings. The molecule has 0 spiro atoms. The molecule has 0 aliphatic heterocycles. The highest BCUT2D eigenvalue weighted by Crippen LogP contribution is 2.21. The quantitative estimate of drug-likeness (QED) is 0.488. The monoisotopic (exact) mass is 377 g/mol. The molecule has 0 saturated heterocycles. The van der Waals surface area contributed by atoms with Crippen LogP contribution in [0.15, 0.2) is 59.6 Å². The molecule has 0 aromatic heterocycles. The summed E-state index contributed by atoms with van der Waals surface area (Å²) in [6.07, 6.45) is 0. The zero-order chi connectivity index (χ0) is 19.7. The van der Waals surface area contributed by atoms with Gasteiger partial charge in [0.05, 0.1) is 13.1 Å². The van der Waals surface area contributed by atoms with Gasteiger partial charge in [-0.25, -0.2) is 4.99 Å². The van der Waals surface area contributed by atoms with Crippen LogP contribution in [0.2, 0.25) is 0 Å². The standard InChI is InChI=1S/C20H25F2N3O2/c1-3-23-19(25-14-20(2,26)16-10-5-4-6-11-16)24-13-15-9-7-8-12-17(15)27-18(21)22/h4-12,18,26H,3,13-14H2,1-2H3,(H2,23,24,25). The highest BCUT2D eigenvalue weighted by atomic mass is 19.3. The van der Waals surface area contributed by atoms with E-state index in [1.807, 2.05) is 37.3 Å². The summed E-state index contributed by atoms with van der Waals surface area (Å²) in [4.78, 5) is 4.41. The van der Waals surface area contributed by atoms with Crippen molar-refractivity contribution >= 4 is 5.96 Å². The maximum Gasteiger partial charge on any atom is 0.387 e. The zero-order valence-electron chi connectivity index (χ0n) is 15.5. The van der Waals surface area contributed by atoms with Gasteiger partial charge < -0.3 is 20.5 Å². The Bertz CT molecular complexity index is 737. The third kappa shape index (κ3) is 6.53. The van der Waals surface area contributed by atoms with E-state index in [0.717, 1.165) is 5.56 Å². The van der Waals surface area contributed by atoms with Crippen LogP contribution in [-0.2, 0) is 12.1 Å². The molecule has 146 valence electrons. The van der Waals surface area contributed by atoms with Crippen molar-refractivity contribution < 1.29 is 18.6 Å². The molecular formula is C20H25F2N3O2. The number of ether oxygens (including phenoxy) is 1. The van der Waals surface area contributed by atoms with Gasteiger partial charge in [-0.05, 0) is 25.5 Å². The minimum atomic E-state index is -2.89. The van der Waals surface area contributed by atoms with Gasteiger partial charge in [0.15, 0.2) is 5.96 Å². The predicted octanol–water partition coefficient (Wildman–Crippen LogP) is 3.25. The lowest BCUT2D eigenvalue weighted by Gasteiger charge is -2.25. The van der Waals surface area contributed by atoms with Gasteiger partial charge in [0, 0.05) is 12.1 Å². The second kappa shape index (κ2) is 9.87. The lowest BCUT2D eigenvalue weighted by molar-refractivity contribution is -0.0504. The minimum absolute atomic E-state index is 0.100. The fourth-order valence-electron chi connectivity index (χ4n) is 2.51. The predicted molar refractivity (Wildman–Crippen MR) is 102 cm³/mol. The SMILES string of the molecule is CCNC(=NCc1ccccc1OC(F)F)NCC(C)(O)c1ccccc1. The number of nitrogens with one attached hydrogen (secondary N) is 2. The molecule has 0 radical (unpaired) electrons. The van der Waals surface area contributed by atoms with Crippen molar-refractivity contribution in [2.45, 2.75) is 32.6 Å². The number of hydrogen-bond acceptors (Lipinski definition) is 3. The molecule has 0 heterocycles. The topological polar surface area (TPSA) is 65.9 Å². The molecule has 0 aliphatic rings. The maximum atomic E-state index is 12.5. The number of benzene rings is 2. The van der Waals surface area contributed by atoms with Crippen LogP contribution in [0.4, 0.5) is 8.78 Å². The summed E-state index contributed by atoms with van der Waals surface area (Å²) in [5.74, 6) is 0.573. The lowest BCUT2D eigenvalue weighted by atomic mass is 9.96. The Morgan fingerprint density at radius 3 is 2.44 bits per heavy atom. The van der Waals surface area contributed by atoms with Crippen molar-refractivity contribution in [3.05, 3.63) is 65.7 Å². The Hall–Kier alpha value is -2.67. The number of rotatable bonds is 8. The molecule has 0 saturated carbocycles. The van der Waals surface area contributed by atoms with E-state index in [4.69, 9.17) is 0 Å². The van der Waals surface area contributed by atoms with Crippen molar-refractivity contribution in [2.75, 3.05) is 13.1 Å². The molecule has 7 heteroatoms. The molecule has 1 atom stereocenters. The minimum Gasteiger partial charge on any atom is -0.434 e. The van der Waals surface area contributed by atoms with Gasteiger partial charge in [-0.15, -0.1) is 0 Å². The van der Waals surface area contributed by atoms with E-state index in [1.54, 1.807) is 25.1 Å². The van der Waals surface area contributed by atoms with Gasteiger partial charge in [0.1, 0.15) is 11.4 Å². The molecule has 3 N–H and O–H groups in total. The number of aliphatic hydroxyl groups is 1. The molecule has 0 amide bonds. The summed E-state index contributed by atoms with van der Waals surface area (Å²) in [7, 11) is 0. The highest BCUT2D eigenvalue weighted by molar-refractivity contribution is 5.79. The van der Waals surface area contributed by atoms with Crippen LogP contribution < -0.4 is 15.4 Å². The van der Waals surface area contributed by atoms with E-state index in [2.05, 4.69) is 20.4 Å². The Labute approximate surface area is 158 Å². The number of hydrogen-bond donors (Lipinski definition) is 3. The smallest absolute Gasteiger partial charge is 0.387 e. The Morgan fingerprint density at radius 1 is 1.11 bits per heavy atom. The van der Waals surface area contributed by atoms with E-state index in [9.17, 15) is 13.9 Å². The van der Waals surface area contributed by atoms with Crippen molar-refractivity contribution in [3.8, 4) is 5.75 Å². The average Bonchev–Trinajstić information content (AvgIpc) is 2.65. The first kappa shape index (κ1) is 20.6. The van der Waals surface area contributed by atoms with Crippen LogP contribution in [0, 0.1) is 0 Å². The van der Waals surface area contributed by atoms with Gasteiger partial charge in [0.2, 0.25) is 0 Å². The Morgan fingerprint density at radius 2 is 1.78 bits per heavy atom. The first-order valence-electron chi connectivity index (χ1n) is 8.75. The molecule has 1 unspecified atom stereocenters. The van der Waals surface area contributed by atoms with E-state index < -0.39 is 12.2 Å². The summed E-state index contributed by atoms with van der Waals surface area (Å²) >= 11 is 0. The largest absolute Gasteiger partial charge is 0.434 e. The third-order valence-electron chi connectivity index (χ3n) is 3.94. The van der Waals surface area contributed by atoms with Gasteiger partial charge in [-0.1, -0.05) is 48.5 Å². The van der Waals surface area contributed by atoms with Crippen molar-refractivity contribution in [3.63, 3.8) is 0 Å². The average molecular weight is 377 g/mol. The molecule has 27 heavy (non-hydrogen) atoms. The number of guanidine groups is 1. The Balaban J connectivity index is 2.07. The van der Waals surface area contributed by atoms with E-state index in [1.165, 1.54) is 6.07 Å². The van der Waals surface area contributed by atoms with Crippen LogP contribution in [0.3, 0.4) is 0 Å². The molecule has 5 nitrogen and oxygen atoms in total. The second-order valence-corrected chi connectivity index (χ2v) is 6.17. The summed E-state index contributed by atoms with van der Waals surface area (Å²) in [6, 6.07) is 15.9. The zero-order valence-corrected chi connectivity index (χ0v) is 15.5.